The minimum absolute atomic E-state index is 0.00261. The molecular formula is C20H25N5OS. The number of piperidine rings is 3. The van der Waals surface area contributed by atoms with Gasteiger partial charge in [0, 0.05) is 48.8 Å². The maximum atomic E-state index is 12.9. The summed E-state index contributed by atoms with van der Waals surface area (Å²) >= 11 is 1.45. The maximum absolute atomic E-state index is 12.9. The molecule has 5 saturated heterocycles. The van der Waals surface area contributed by atoms with Gasteiger partial charge in [0.2, 0.25) is 0 Å². The molecular weight excluding hydrogens is 358 g/mol. The Morgan fingerprint density at radius 2 is 2.15 bits per heavy atom. The zero-order chi connectivity index (χ0) is 18.0. The van der Waals surface area contributed by atoms with Crippen LogP contribution in [0.3, 0.4) is 0 Å². The summed E-state index contributed by atoms with van der Waals surface area (Å²) in [5.74, 6) is 0.631. The van der Waals surface area contributed by atoms with E-state index in [0.29, 0.717) is 23.7 Å². The van der Waals surface area contributed by atoms with E-state index in [-0.39, 0.29) is 11.9 Å². The third kappa shape index (κ3) is 2.67. The smallest absolute Gasteiger partial charge is 0.271 e. The van der Waals surface area contributed by atoms with E-state index in [1.807, 2.05) is 0 Å². The van der Waals surface area contributed by atoms with E-state index >= 15 is 0 Å². The Hall–Kier alpha value is -1.70. The average Bonchev–Trinajstić information content (AvgIpc) is 3.43. The van der Waals surface area contributed by atoms with E-state index in [9.17, 15) is 4.79 Å². The van der Waals surface area contributed by atoms with Crippen molar-refractivity contribution in [1.29, 1.82) is 0 Å². The van der Waals surface area contributed by atoms with Gasteiger partial charge < -0.3 is 20.4 Å². The zero-order valence-corrected chi connectivity index (χ0v) is 16.2. The van der Waals surface area contributed by atoms with E-state index in [1.54, 1.807) is 0 Å². The van der Waals surface area contributed by atoms with Crippen molar-refractivity contribution >= 4 is 33.2 Å². The second kappa shape index (κ2) is 6.15. The molecule has 3 atom stereocenters. The number of hydrogen-bond acceptors (Lipinski definition) is 6. The maximum Gasteiger partial charge on any atom is 0.271 e. The molecule has 5 aliphatic heterocycles. The van der Waals surface area contributed by atoms with Gasteiger partial charge in [0.1, 0.15) is 5.69 Å². The molecule has 2 aromatic rings. The fourth-order valence-electron chi connectivity index (χ4n) is 5.51. The summed E-state index contributed by atoms with van der Waals surface area (Å²) in [7, 11) is 0. The Balaban J connectivity index is 1.23. The quantitative estimate of drug-likeness (QED) is 0.844. The first-order chi connectivity index (χ1) is 13.2. The van der Waals surface area contributed by atoms with Crippen LogP contribution in [0.1, 0.15) is 29.8 Å². The normalized spacial score (nSPS) is 34.5. The van der Waals surface area contributed by atoms with Gasteiger partial charge in [-0.25, -0.2) is 0 Å². The molecule has 1 amide bonds. The van der Waals surface area contributed by atoms with E-state index in [1.165, 1.54) is 49.6 Å². The lowest BCUT2D eigenvalue weighted by atomic mass is 9.84. The van der Waals surface area contributed by atoms with Gasteiger partial charge in [-0.2, -0.15) is 4.37 Å². The molecule has 5 fully saturated rings. The molecule has 1 aromatic heterocycles. The fourth-order valence-corrected chi connectivity index (χ4v) is 6.32. The van der Waals surface area contributed by atoms with Crippen molar-refractivity contribution in [1.82, 2.24) is 19.9 Å². The summed E-state index contributed by atoms with van der Waals surface area (Å²) in [6.07, 6.45) is 3.66. The number of aromatic nitrogens is 1. The lowest BCUT2D eigenvalue weighted by Crippen LogP contribution is -2.57. The summed E-state index contributed by atoms with van der Waals surface area (Å²) in [6, 6.07) is 8.01. The Morgan fingerprint density at radius 1 is 1.26 bits per heavy atom. The molecule has 4 bridgehead atoms. The number of fused-ring (bicyclic) bond motifs is 6. The van der Waals surface area contributed by atoms with Crippen LogP contribution in [-0.2, 0) is 0 Å². The van der Waals surface area contributed by atoms with Gasteiger partial charge in [-0.3, -0.25) is 4.79 Å². The Labute approximate surface area is 163 Å². The van der Waals surface area contributed by atoms with Crippen LogP contribution in [0.5, 0.6) is 0 Å². The number of piperazine rings is 1. The first-order valence-corrected chi connectivity index (χ1v) is 10.9. The number of amides is 1. The van der Waals surface area contributed by atoms with Crippen molar-refractivity contribution in [2.75, 3.05) is 37.6 Å². The van der Waals surface area contributed by atoms with Crippen molar-refractivity contribution in [3.63, 3.8) is 0 Å². The molecule has 6 heterocycles. The van der Waals surface area contributed by atoms with Crippen molar-refractivity contribution < 1.29 is 4.79 Å². The molecule has 142 valence electrons. The summed E-state index contributed by atoms with van der Waals surface area (Å²) in [5, 5.41) is 7.83. The average molecular weight is 384 g/mol. The monoisotopic (exact) mass is 383 g/mol. The number of rotatable bonds is 3. The van der Waals surface area contributed by atoms with Crippen LogP contribution >= 0.6 is 11.5 Å². The van der Waals surface area contributed by atoms with Crippen molar-refractivity contribution in [2.45, 2.75) is 37.4 Å². The van der Waals surface area contributed by atoms with Crippen LogP contribution < -0.4 is 15.5 Å². The molecule has 0 saturated carbocycles. The molecule has 1 aromatic carbocycles. The molecule has 5 aliphatic rings. The van der Waals surface area contributed by atoms with Gasteiger partial charge >= 0.3 is 0 Å². The van der Waals surface area contributed by atoms with Crippen molar-refractivity contribution in [2.24, 2.45) is 5.92 Å². The minimum Gasteiger partial charge on any atom is -0.366 e. The molecule has 0 radical (unpaired) electrons. The van der Waals surface area contributed by atoms with Crippen LogP contribution in [0.15, 0.2) is 18.2 Å². The summed E-state index contributed by atoms with van der Waals surface area (Å²) in [6.45, 7) is 5.54. The summed E-state index contributed by atoms with van der Waals surface area (Å²) in [4.78, 5) is 17.9. The topological polar surface area (TPSA) is 60.5 Å². The van der Waals surface area contributed by atoms with Gasteiger partial charge in [0.05, 0.1) is 4.70 Å². The minimum atomic E-state index is -0.00261. The van der Waals surface area contributed by atoms with Crippen molar-refractivity contribution in [3.8, 4) is 0 Å². The second-order valence-electron chi connectivity index (χ2n) is 8.58. The fraction of sp³-hybridized carbons (Fsp3) is 0.600. The third-order valence-corrected chi connectivity index (χ3v) is 7.84. The number of carbonyl (C=O) groups is 1. The first-order valence-electron chi connectivity index (χ1n) is 10.2. The van der Waals surface area contributed by atoms with Crippen LogP contribution in [0.2, 0.25) is 0 Å². The number of hydrogen-bond donors (Lipinski definition) is 2. The number of benzene rings is 1. The van der Waals surface area contributed by atoms with Gasteiger partial charge in [-0.1, -0.05) is 0 Å². The van der Waals surface area contributed by atoms with E-state index < -0.39 is 0 Å². The summed E-state index contributed by atoms with van der Waals surface area (Å²) < 4.78 is 5.64. The number of nitrogens with zero attached hydrogens (tertiary/aromatic N) is 3. The Bertz CT molecular complexity index is 890. The summed E-state index contributed by atoms with van der Waals surface area (Å²) in [5.41, 5.74) is 1.87. The van der Waals surface area contributed by atoms with Gasteiger partial charge in [-0.05, 0) is 68.0 Å². The van der Waals surface area contributed by atoms with E-state index in [0.717, 1.165) is 29.7 Å². The predicted molar refractivity (Wildman–Crippen MR) is 108 cm³/mol. The highest BCUT2D eigenvalue weighted by molar-refractivity contribution is 7.13. The Kier molecular flexibility index (Phi) is 3.71. The van der Waals surface area contributed by atoms with Crippen LogP contribution in [0.4, 0.5) is 5.69 Å². The highest BCUT2D eigenvalue weighted by Gasteiger charge is 2.38. The molecule has 0 spiro atoms. The lowest BCUT2D eigenvalue weighted by molar-refractivity contribution is 0.0619. The molecule has 0 unspecified atom stereocenters. The first kappa shape index (κ1) is 16.3. The van der Waals surface area contributed by atoms with Crippen LogP contribution in [-0.4, -0.2) is 66.0 Å². The number of anilines is 1. The lowest BCUT2D eigenvalue weighted by Gasteiger charge is -2.44. The standard InChI is InChI=1S/C20H25N5OS/c26-20(22-17-11-24-5-3-12(17)4-6-24)19-16-2-1-14(8-18(16)27-23-19)25-10-13-7-15(25)9-21-13/h1-2,8,12-13,15,17,21H,3-7,9-11H2,(H,22,26)/t13-,15-,17-/m0/s1. The SMILES string of the molecule is O=C(N[C@H]1CN2CCC1CC2)c1nsc2cc(N3C[C@@H]4C[C@H]3CN4)ccc12. The molecule has 6 nitrogen and oxygen atoms in total. The van der Waals surface area contributed by atoms with Crippen LogP contribution in [0.25, 0.3) is 10.1 Å². The number of nitrogens with one attached hydrogen (secondary N) is 2. The predicted octanol–water partition coefficient (Wildman–Crippen LogP) is 1.67. The van der Waals surface area contributed by atoms with Gasteiger partial charge in [0.15, 0.2) is 0 Å². The van der Waals surface area contributed by atoms with Gasteiger partial charge in [-0.15, -0.1) is 0 Å². The largest absolute Gasteiger partial charge is 0.366 e. The molecule has 2 N–H and O–H groups in total. The second-order valence-corrected chi connectivity index (χ2v) is 9.38. The Morgan fingerprint density at radius 3 is 2.85 bits per heavy atom. The van der Waals surface area contributed by atoms with E-state index in [2.05, 4.69) is 43.0 Å². The van der Waals surface area contributed by atoms with E-state index in [4.69, 9.17) is 0 Å². The van der Waals surface area contributed by atoms with Crippen molar-refractivity contribution in [3.05, 3.63) is 23.9 Å². The third-order valence-electron chi connectivity index (χ3n) is 7.03. The molecule has 7 rings (SSSR count). The molecule has 7 heteroatoms. The molecule has 0 aliphatic carbocycles. The molecule has 27 heavy (non-hydrogen) atoms. The van der Waals surface area contributed by atoms with Crippen LogP contribution in [0, 0.1) is 5.92 Å². The highest BCUT2D eigenvalue weighted by Crippen LogP contribution is 2.34. The zero-order valence-electron chi connectivity index (χ0n) is 15.4. The highest BCUT2D eigenvalue weighted by atomic mass is 32.1. The van der Waals surface area contributed by atoms with Gasteiger partial charge in [0.25, 0.3) is 5.91 Å². The number of carbonyl (C=O) groups excluding carboxylic acids is 1.